The van der Waals surface area contributed by atoms with Crippen molar-refractivity contribution in [2.24, 2.45) is 0 Å². The minimum Gasteiger partial charge on any atom is -0.393 e. The molecule has 1 N–H and O–H groups in total. The number of aliphatic hydroxyl groups is 1. The lowest BCUT2D eigenvalue weighted by Crippen LogP contribution is -2.36. The smallest absolute Gasteiger partial charge is 0.0675 e. The maximum Gasteiger partial charge on any atom is 0.0675 e. The first kappa shape index (κ1) is 8.02. The molecule has 0 aromatic carbocycles. The van der Waals surface area contributed by atoms with Crippen LogP contribution in [0.3, 0.4) is 0 Å². The number of hydrogen-bond acceptors (Lipinski definition) is 2. The van der Waals surface area contributed by atoms with Gasteiger partial charge in [-0.3, -0.25) is 0 Å². The topological polar surface area (TPSA) is 29.5 Å². The molecule has 0 amide bonds. The number of ether oxygens (including phenoxy) is 1. The molecule has 0 aromatic rings. The fourth-order valence-corrected chi connectivity index (χ4v) is 1.60. The third-order valence-corrected chi connectivity index (χ3v) is 2.40. The summed E-state index contributed by atoms with van der Waals surface area (Å²) in [5.74, 6) is 0. The predicted octanol–water partition coefficient (Wildman–Crippen LogP) is 1.33. The molecule has 1 saturated carbocycles. The number of aliphatic hydroxyl groups excluding tert-OH is 1. The highest BCUT2D eigenvalue weighted by Gasteiger charge is 2.30. The molecule has 0 aromatic heterocycles. The van der Waals surface area contributed by atoms with E-state index >= 15 is 0 Å². The number of hydrogen-bond donors (Lipinski definition) is 1. The lowest BCUT2D eigenvalue weighted by molar-refractivity contribution is -0.0621. The SMILES string of the molecule is CO[C@]1(C)CCC[C@@H](O)C1. The van der Waals surface area contributed by atoms with Gasteiger partial charge in [0.15, 0.2) is 0 Å². The Morgan fingerprint density at radius 2 is 2.30 bits per heavy atom. The van der Waals surface area contributed by atoms with Crippen LogP contribution in [0.25, 0.3) is 0 Å². The molecule has 2 nitrogen and oxygen atoms in total. The summed E-state index contributed by atoms with van der Waals surface area (Å²) in [5, 5.41) is 9.30. The third-order valence-electron chi connectivity index (χ3n) is 2.40. The Bertz CT molecular complexity index is 114. The maximum absolute atomic E-state index is 9.30. The van der Waals surface area contributed by atoms with Gasteiger partial charge in [-0.2, -0.15) is 0 Å². The van der Waals surface area contributed by atoms with Gasteiger partial charge in [-0.15, -0.1) is 0 Å². The van der Waals surface area contributed by atoms with Gasteiger partial charge in [0.1, 0.15) is 0 Å². The van der Waals surface area contributed by atoms with Crippen molar-refractivity contribution >= 4 is 0 Å². The van der Waals surface area contributed by atoms with Gasteiger partial charge >= 0.3 is 0 Å². The van der Waals surface area contributed by atoms with Gasteiger partial charge in [0.05, 0.1) is 11.7 Å². The molecular formula is C8H16O2. The number of methoxy groups -OCH3 is 1. The van der Waals surface area contributed by atoms with E-state index in [9.17, 15) is 5.11 Å². The van der Waals surface area contributed by atoms with E-state index in [1.165, 1.54) is 0 Å². The summed E-state index contributed by atoms with van der Waals surface area (Å²) in [4.78, 5) is 0. The summed E-state index contributed by atoms with van der Waals surface area (Å²) < 4.78 is 5.29. The minimum atomic E-state index is -0.140. The molecule has 0 spiro atoms. The van der Waals surface area contributed by atoms with Crippen molar-refractivity contribution in [3.63, 3.8) is 0 Å². The van der Waals surface area contributed by atoms with Crippen LogP contribution < -0.4 is 0 Å². The van der Waals surface area contributed by atoms with Gasteiger partial charge < -0.3 is 9.84 Å². The standard InChI is InChI=1S/C8H16O2/c1-8(10-2)5-3-4-7(9)6-8/h7,9H,3-6H2,1-2H3/t7-,8-/m1/s1. The van der Waals surface area contributed by atoms with Crippen LogP contribution in [0, 0.1) is 0 Å². The molecule has 10 heavy (non-hydrogen) atoms. The van der Waals surface area contributed by atoms with Crippen LogP contribution in [-0.4, -0.2) is 23.9 Å². The van der Waals surface area contributed by atoms with Gasteiger partial charge in [0, 0.05) is 13.5 Å². The molecule has 2 heteroatoms. The molecule has 2 atom stereocenters. The van der Waals surface area contributed by atoms with Crippen LogP contribution in [-0.2, 0) is 4.74 Å². The van der Waals surface area contributed by atoms with Crippen molar-refractivity contribution in [3.05, 3.63) is 0 Å². The van der Waals surface area contributed by atoms with Crippen molar-refractivity contribution in [3.8, 4) is 0 Å². The van der Waals surface area contributed by atoms with Crippen LogP contribution in [0.1, 0.15) is 32.6 Å². The van der Waals surface area contributed by atoms with Crippen molar-refractivity contribution < 1.29 is 9.84 Å². The first-order chi connectivity index (χ1) is 4.66. The summed E-state index contributed by atoms with van der Waals surface area (Å²) in [6.45, 7) is 2.06. The maximum atomic E-state index is 9.30. The van der Waals surface area contributed by atoms with Crippen LogP contribution in [0.2, 0.25) is 0 Å². The first-order valence-electron chi connectivity index (χ1n) is 3.89. The van der Waals surface area contributed by atoms with Crippen molar-refractivity contribution in [1.29, 1.82) is 0 Å². The van der Waals surface area contributed by atoms with Gasteiger partial charge in [-0.1, -0.05) is 0 Å². The van der Waals surface area contributed by atoms with E-state index in [1.807, 2.05) is 0 Å². The third kappa shape index (κ3) is 1.70. The van der Waals surface area contributed by atoms with Crippen LogP contribution in [0.15, 0.2) is 0 Å². The minimum absolute atomic E-state index is 0.0579. The zero-order chi connectivity index (χ0) is 7.61. The van der Waals surface area contributed by atoms with E-state index in [0.29, 0.717) is 0 Å². The van der Waals surface area contributed by atoms with E-state index in [0.717, 1.165) is 25.7 Å². The molecule has 0 aliphatic heterocycles. The molecule has 60 valence electrons. The average Bonchev–Trinajstić information content (AvgIpc) is 1.88. The fraction of sp³-hybridized carbons (Fsp3) is 1.00. The van der Waals surface area contributed by atoms with Gasteiger partial charge in [-0.25, -0.2) is 0 Å². The van der Waals surface area contributed by atoms with Gasteiger partial charge in [0.25, 0.3) is 0 Å². The second-order valence-corrected chi connectivity index (χ2v) is 3.40. The van der Waals surface area contributed by atoms with Crippen molar-refractivity contribution in [2.45, 2.75) is 44.3 Å². The zero-order valence-electron chi connectivity index (χ0n) is 6.76. The molecule has 0 heterocycles. The Labute approximate surface area is 62.2 Å². The van der Waals surface area contributed by atoms with E-state index in [2.05, 4.69) is 6.92 Å². The Morgan fingerprint density at radius 1 is 1.60 bits per heavy atom. The highest BCUT2D eigenvalue weighted by atomic mass is 16.5. The largest absolute Gasteiger partial charge is 0.393 e. The van der Waals surface area contributed by atoms with E-state index in [1.54, 1.807) is 7.11 Å². The van der Waals surface area contributed by atoms with Crippen LogP contribution >= 0.6 is 0 Å². The normalized spacial score (nSPS) is 41.7. The monoisotopic (exact) mass is 144 g/mol. The Hall–Kier alpha value is -0.0800. The summed E-state index contributed by atoms with van der Waals surface area (Å²) in [6, 6.07) is 0. The second-order valence-electron chi connectivity index (χ2n) is 3.40. The number of rotatable bonds is 1. The average molecular weight is 144 g/mol. The van der Waals surface area contributed by atoms with Gasteiger partial charge in [-0.05, 0) is 26.2 Å². The molecule has 0 saturated heterocycles. The molecule has 0 bridgehead atoms. The highest BCUT2D eigenvalue weighted by Crippen LogP contribution is 2.30. The molecule has 1 fully saturated rings. The highest BCUT2D eigenvalue weighted by molar-refractivity contribution is 4.83. The van der Waals surface area contributed by atoms with E-state index in [-0.39, 0.29) is 11.7 Å². The molecule has 1 rings (SSSR count). The quantitative estimate of drug-likeness (QED) is 0.601. The fourth-order valence-electron chi connectivity index (χ4n) is 1.60. The lowest BCUT2D eigenvalue weighted by Gasteiger charge is -2.34. The summed E-state index contributed by atoms with van der Waals surface area (Å²) in [5.41, 5.74) is -0.0579. The molecule has 1 aliphatic rings. The van der Waals surface area contributed by atoms with Crippen molar-refractivity contribution in [2.75, 3.05) is 7.11 Å². The molecule has 0 radical (unpaired) electrons. The first-order valence-corrected chi connectivity index (χ1v) is 3.89. The zero-order valence-corrected chi connectivity index (χ0v) is 6.76. The molecule has 0 unspecified atom stereocenters. The molecule has 1 aliphatic carbocycles. The van der Waals surface area contributed by atoms with Crippen LogP contribution in [0.5, 0.6) is 0 Å². The molecular weight excluding hydrogens is 128 g/mol. The summed E-state index contributed by atoms with van der Waals surface area (Å²) in [7, 11) is 1.72. The van der Waals surface area contributed by atoms with Crippen LogP contribution in [0.4, 0.5) is 0 Å². The lowest BCUT2D eigenvalue weighted by atomic mass is 9.84. The van der Waals surface area contributed by atoms with Crippen molar-refractivity contribution in [1.82, 2.24) is 0 Å². The van der Waals surface area contributed by atoms with E-state index < -0.39 is 0 Å². The van der Waals surface area contributed by atoms with Gasteiger partial charge in [0.2, 0.25) is 0 Å². The Balaban J connectivity index is 2.45. The summed E-state index contributed by atoms with van der Waals surface area (Å²) in [6.07, 6.45) is 3.77. The summed E-state index contributed by atoms with van der Waals surface area (Å²) >= 11 is 0. The Morgan fingerprint density at radius 3 is 2.70 bits per heavy atom. The predicted molar refractivity (Wildman–Crippen MR) is 39.9 cm³/mol. The Kier molecular flexibility index (Phi) is 2.32. The van der Waals surface area contributed by atoms with E-state index in [4.69, 9.17) is 4.74 Å². The second kappa shape index (κ2) is 2.89.